The lowest BCUT2D eigenvalue weighted by atomic mass is 10.0. The Morgan fingerprint density at radius 3 is 2.51 bits per heavy atom. The van der Waals surface area contributed by atoms with E-state index in [-0.39, 0.29) is 23.8 Å². The monoisotopic (exact) mass is 581 g/mol. The van der Waals surface area contributed by atoms with Crippen molar-refractivity contribution < 1.29 is 29.0 Å². The van der Waals surface area contributed by atoms with E-state index in [1.165, 1.54) is 5.01 Å². The normalized spacial score (nSPS) is 17.5. The van der Waals surface area contributed by atoms with E-state index in [0.29, 0.717) is 25.8 Å². The molecule has 0 saturated carbocycles. The number of nitrogens with one attached hydrogen (secondary N) is 3. The summed E-state index contributed by atoms with van der Waals surface area (Å²) >= 11 is 16.9. The van der Waals surface area contributed by atoms with Crippen LogP contribution >= 0.6 is 34.8 Å². The van der Waals surface area contributed by atoms with Gasteiger partial charge >= 0.3 is 5.97 Å². The molecule has 0 bridgehead atoms. The lowest BCUT2D eigenvalue weighted by Gasteiger charge is -2.35. The van der Waals surface area contributed by atoms with Gasteiger partial charge in [-0.1, -0.05) is 40.9 Å². The maximum atomic E-state index is 13.1. The molecule has 1 saturated heterocycles. The quantitative estimate of drug-likeness (QED) is 0.205. The van der Waals surface area contributed by atoms with Crippen molar-refractivity contribution >= 4 is 59.1 Å². The first-order valence-corrected chi connectivity index (χ1v) is 12.7. The largest absolute Gasteiger partial charge is 0.483 e. The summed E-state index contributed by atoms with van der Waals surface area (Å²) in [6, 6.07) is 1.55. The maximum absolute atomic E-state index is 13.1. The molecule has 0 aromatic carbocycles. The number of ether oxygens (including phenoxy) is 1. The zero-order valence-electron chi connectivity index (χ0n) is 21.2. The van der Waals surface area contributed by atoms with Crippen LogP contribution in [0.25, 0.3) is 0 Å². The van der Waals surface area contributed by atoms with Gasteiger partial charge in [0.15, 0.2) is 0 Å². The third-order valence-electron chi connectivity index (χ3n) is 4.93. The van der Waals surface area contributed by atoms with E-state index in [1.54, 1.807) is 19.3 Å². The van der Waals surface area contributed by atoms with Crippen molar-refractivity contribution in [2.24, 2.45) is 0 Å². The van der Waals surface area contributed by atoms with Crippen molar-refractivity contribution in [1.82, 2.24) is 26.1 Å². The zero-order valence-corrected chi connectivity index (χ0v) is 23.4. The molecule has 1 aliphatic heterocycles. The summed E-state index contributed by atoms with van der Waals surface area (Å²) in [7, 11) is 0. The molecular weight excluding hydrogens is 549 g/mol. The van der Waals surface area contributed by atoms with Gasteiger partial charge < -0.3 is 20.5 Å². The summed E-state index contributed by atoms with van der Waals surface area (Å²) in [4.78, 5) is 50.8. The van der Waals surface area contributed by atoms with Gasteiger partial charge in [0.05, 0.1) is 6.04 Å². The van der Waals surface area contributed by atoms with Gasteiger partial charge in [0.2, 0.25) is 9.70 Å². The molecule has 0 radical (unpaired) electrons. The van der Waals surface area contributed by atoms with E-state index in [9.17, 15) is 14.4 Å². The molecule has 0 aliphatic carbocycles. The Labute approximate surface area is 231 Å². The molecular formula is C23H34Cl3N5O6. The first kappa shape index (κ1) is 32.8. The SMILES string of the molecule is CC(NC(=O)C(Cc1cccnc1)NC(C)(C)C)C(=O)N1CCCC(C(=O)OCC(Cl)(Cl)Cl)N1.O=CO. The molecule has 2 heterocycles. The van der Waals surface area contributed by atoms with Gasteiger partial charge in [0, 0.05) is 24.5 Å². The molecule has 1 aromatic heterocycles. The Morgan fingerprint density at radius 2 is 1.97 bits per heavy atom. The molecule has 208 valence electrons. The number of halogens is 3. The number of carboxylic acid groups (broad SMARTS) is 1. The number of alkyl halides is 3. The summed E-state index contributed by atoms with van der Waals surface area (Å²) in [5.74, 6) is -1.30. The molecule has 2 rings (SSSR count). The highest BCUT2D eigenvalue weighted by molar-refractivity contribution is 6.67. The van der Waals surface area contributed by atoms with E-state index < -0.39 is 34.5 Å². The van der Waals surface area contributed by atoms with Crippen LogP contribution in [0.4, 0.5) is 0 Å². The third-order valence-corrected chi connectivity index (χ3v) is 5.26. The average Bonchev–Trinajstić information content (AvgIpc) is 2.81. The maximum Gasteiger partial charge on any atom is 0.325 e. The number of carbonyl (C=O) groups excluding carboxylic acids is 3. The smallest absolute Gasteiger partial charge is 0.325 e. The van der Waals surface area contributed by atoms with Crippen molar-refractivity contribution in [3.63, 3.8) is 0 Å². The van der Waals surface area contributed by atoms with Gasteiger partial charge in [-0.3, -0.25) is 29.2 Å². The molecule has 1 aliphatic rings. The van der Waals surface area contributed by atoms with Crippen LogP contribution in [0.2, 0.25) is 0 Å². The minimum atomic E-state index is -1.72. The predicted molar refractivity (Wildman–Crippen MR) is 140 cm³/mol. The third kappa shape index (κ3) is 13.3. The standard InChI is InChI=1S/C22H32Cl3N5O4.CH2O2/c1-14(19(32)30-10-6-8-16(29-30)20(33)34-13-22(23,24)25)27-18(31)17(28-21(2,3)4)11-15-7-5-9-26-12-15;2-1-3/h5,7,9,12,14,16-17,28-29H,6,8,10-11,13H2,1-4H3,(H,27,31);1H,(H,2,3). The second-order valence-corrected chi connectivity index (χ2v) is 11.9. The molecule has 1 fully saturated rings. The van der Waals surface area contributed by atoms with E-state index in [2.05, 4.69) is 21.0 Å². The molecule has 37 heavy (non-hydrogen) atoms. The van der Waals surface area contributed by atoms with E-state index in [4.69, 9.17) is 49.4 Å². The fourth-order valence-corrected chi connectivity index (χ4v) is 3.63. The van der Waals surface area contributed by atoms with Gasteiger partial charge in [-0.25, -0.2) is 5.43 Å². The molecule has 14 heteroatoms. The van der Waals surface area contributed by atoms with Crippen LogP contribution in [0.15, 0.2) is 24.5 Å². The number of esters is 1. The lowest BCUT2D eigenvalue weighted by Crippen LogP contribution is -2.61. The van der Waals surface area contributed by atoms with Crippen molar-refractivity contribution in [1.29, 1.82) is 0 Å². The molecule has 3 unspecified atom stereocenters. The lowest BCUT2D eigenvalue weighted by molar-refractivity contribution is -0.152. The van der Waals surface area contributed by atoms with Crippen LogP contribution in [0.5, 0.6) is 0 Å². The first-order chi connectivity index (χ1) is 17.2. The molecule has 4 N–H and O–H groups in total. The van der Waals surface area contributed by atoms with Crippen LogP contribution in [0.3, 0.4) is 0 Å². The number of carbonyl (C=O) groups is 4. The first-order valence-electron chi connectivity index (χ1n) is 11.5. The van der Waals surface area contributed by atoms with Crippen LogP contribution < -0.4 is 16.1 Å². The number of amides is 2. The Hall–Kier alpha value is -2.18. The summed E-state index contributed by atoms with van der Waals surface area (Å²) in [6.45, 7) is 7.23. The summed E-state index contributed by atoms with van der Waals surface area (Å²) in [5, 5.41) is 14.3. The summed E-state index contributed by atoms with van der Waals surface area (Å²) < 4.78 is 3.30. The van der Waals surface area contributed by atoms with Gasteiger partial charge in [-0.15, -0.1) is 0 Å². The minimum absolute atomic E-state index is 0.250. The van der Waals surface area contributed by atoms with Gasteiger partial charge in [0.25, 0.3) is 12.4 Å². The van der Waals surface area contributed by atoms with E-state index >= 15 is 0 Å². The predicted octanol–water partition coefficient (Wildman–Crippen LogP) is 2.00. The number of pyridine rings is 1. The van der Waals surface area contributed by atoms with Crippen LogP contribution in [-0.2, 0) is 30.3 Å². The number of aromatic nitrogens is 1. The second-order valence-electron chi connectivity index (χ2n) is 9.38. The number of rotatable bonds is 8. The fourth-order valence-electron chi connectivity index (χ4n) is 3.46. The van der Waals surface area contributed by atoms with Crippen LogP contribution in [-0.4, -0.2) is 80.0 Å². The van der Waals surface area contributed by atoms with Gasteiger partial charge in [-0.2, -0.15) is 0 Å². The fraction of sp³-hybridized carbons (Fsp3) is 0.609. The zero-order chi connectivity index (χ0) is 28.2. The van der Waals surface area contributed by atoms with Crippen LogP contribution in [0, 0.1) is 0 Å². The Morgan fingerprint density at radius 1 is 1.32 bits per heavy atom. The molecule has 0 spiro atoms. The second kappa shape index (κ2) is 15.3. The Kier molecular flexibility index (Phi) is 13.6. The Balaban J connectivity index is 0.00000217. The van der Waals surface area contributed by atoms with E-state index in [0.717, 1.165) is 5.56 Å². The van der Waals surface area contributed by atoms with Gasteiger partial charge in [-0.05, 0) is 58.6 Å². The number of hydrazine groups is 1. The number of hydrogen-bond donors (Lipinski definition) is 4. The molecule has 1 aromatic rings. The highest BCUT2D eigenvalue weighted by atomic mass is 35.6. The van der Waals surface area contributed by atoms with Crippen LogP contribution in [0.1, 0.15) is 46.1 Å². The van der Waals surface area contributed by atoms with Crippen molar-refractivity contribution in [3.8, 4) is 0 Å². The van der Waals surface area contributed by atoms with Crippen molar-refractivity contribution in [3.05, 3.63) is 30.1 Å². The number of nitrogens with zero attached hydrogens (tertiary/aromatic N) is 2. The minimum Gasteiger partial charge on any atom is -0.483 e. The Bertz CT molecular complexity index is 895. The highest BCUT2D eigenvalue weighted by Crippen LogP contribution is 2.26. The summed E-state index contributed by atoms with van der Waals surface area (Å²) in [6.07, 6.45) is 4.83. The highest BCUT2D eigenvalue weighted by Gasteiger charge is 2.34. The summed E-state index contributed by atoms with van der Waals surface area (Å²) in [5.41, 5.74) is 3.42. The molecule has 3 atom stereocenters. The number of hydrogen-bond acceptors (Lipinski definition) is 8. The van der Waals surface area contributed by atoms with Crippen molar-refractivity contribution in [2.75, 3.05) is 13.2 Å². The van der Waals surface area contributed by atoms with Gasteiger partial charge in [0.1, 0.15) is 18.7 Å². The van der Waals surface area contributed by atoms with E-state index in [1.807, 2.05) is 32.9 Å². The molecule has 11 nitrogen and oxygen atoms in total. The molecule has 2 amide bonds. The van der Waals surface area contributed by atoms with Crippen molar-refractivity contribution in [2.45, 2.75) is 74.4 Å². The average molecular weight is 583 g/mol. The topological polar surface area (TPSA) is 150 Å².